The fourth-order valence-electron chi connectivity index (χ4n) is 2.54. The van der Waals surface area contributed by atoms with Crippen molar-refractivity contribution in [3.05, 3.63) is 29.8 Å². The minimum Gasteiger partial charge on any atom is -0.493 e. The zero-order valence-corrected chi connectivity index (χ0v) is 12.4. The molecule has 0 aromatic heterocycles. The molecule has 2 heteroatoms. The monoisotopic (exact) mass is 261 g/mol. The number of hydrogen-bond acceptors (Lipinski definition) is 2. The molecule has 1 saturated heterocycles. The van der Waals surface area contributed by atoms with Crippen LogP contribution in [0.2, 0.25) is 0 Å². The Balaban J connectivity index is 1.84. The van der Waals surface area contributed by atoms with E-state index in [1.807, 2.05) is 0 Å². The Morgan fingerprint density at radius 1 is 1.16 bits per heavy atom. The summed E-state index contributed by atoms with van der Waals surface area (Å²) in [5.41, 5.74) is 1.36. The lowest BCUT2D eigenvalue weighted by molar-refractivity contribution is 0.284. The molecule has 0 aliphatic carbocycles. The van der Waals surface area contributed by atoms with Gasteiger partial charge in [-0.05, 0) is 56.3 Å². The SMILES string of the molecule is CC(C)CCOc1ccccc1CCN1CCCC1. The van der Waals surface area contributed by atoms with Crippen LogP contribution in [0.1, 0.15) is 38.7 Å². The maximum atomic E-state index is 5.94. The van der Waals surface area contributed by atoms with E-state index in [1.165, 1.54) is 38.0 Å². The summed E-state index contributed by atoms with van der Waals surface area (Å²) in [4.78, 5) is 2.56. The molecule has 1 aliphatic rings. The maximum Gasteiger partial charge on any atom is 0.122 e. The third-order valence-corrected chi connectivity index (χ3v) is 3.82. The predicted octanol–water partition coefficient (Wildman–Crippen LogP) is 3.75. The molecule has 0 bridgehead atoms. The second-order valence-corrected chi connectivity index (χ2v) is 5.94. The predicted molar refractivity (Wildman–Crippen MR) is 80.8 cm³/mol. The molecule has 0 saturated carbocycles. The Hall–Kier alpha value is -1.02. The van der Waals surface area contributed by atoms with Gasteiger partial charge in [-0.3, -0.25) is 0 Å². The van der Waals surface area contributed by atoms with E-state index in [2.05, 4.69) is 43.0 Å². The molecular weight excluding hydrogens is 234 g/mol. The minimum atomic E-state index is 0.705. The molecule has 0 spiro atoms. The highest BCUT2D eigenvalue weighted by atomic mass is 16.5. The largest absolute Gasteiger partial charge is 0.493 e. The fourth-order valence-corrected chi connectivity index (χ4v) is 2.54. The molecule has 19 heavy (non-hydrogen) atoms. The van der Waals surface area contributed by atoms with E-state index in [0.717, 1.165) is 25.2 Å². The Labute approximate surface area is 117 Å². The normalized spacial score (nSPS) is 16.2. The van der Waals surface area contributed by atoms with Crippen molar-refractivity contribution >= 4 is 0 Å². The highest BCUT2D eigenvalue weighted by Gasteiger charge is 2.12. The van der Waals surface area contributed by atoms with Crippen molar-refractivity contribution in [2.45, 2.75) is 39.5 Å². The lowest BCUT2D eigenvalue weighted by Gasteiger charge is -2.16. The molecule has 2 rings (SSSR count). The Kier molecular flexibility index (Phi) is 5.71. The molecule has 1 aromatic rings. The average Bonchev–Trinajstić information content (AvgIpc) is 2.90. The molecule has 2 nitrogen and oxygen atoms in total. The molecule has 1 aromatic carbocycles. The van der Waals surface area contributed by atoms with Crippen molar-refractivity contribution in [1.29, 1.82) is 0 Å². The number of likely N-dealkylation sites (tertiary alicyclic amines) is 1. The van der Waals surface area contributed by atoms with Gasteiger partial charge in [0.25, 0.3) is 0 Å². The standard InChI is InChI=1S/C17H27NO/c1-15(2)10-14-19-17-8-4-3-7-16(17)9-13-18-11-5-6-12-18/h3-4,7-8,15H,5-6,9-14H2,1-2H3. The molecule has 106 valence electrons. The maximum absolute atomic E-state index is 5.94. The molecule has 0 N–H and O–H groups in total. The summed E-state index contributed by atoms with van der Waals surface area (Å²) in [7, 11) is 0. The number of rotatable bonds is 7. The summed E-state index contributed by atoms with van der Waals surface area (Å²) < 4.78 is 5.94. The third-order valence-electron chi connectivity index (χ3n) is 3.82. The van der Waals surface area contributed by atoms with Gasteiger partial charge in [0.1, 0.15) is 5.75 Å². The summed E-state index contributed by atoms with van der Waals surface area (Å²) in [5, 5.41) is 0. The lowest BCUT2D eigenvalue weighted by Crippen LogP contribution is -2.22. The zero-order chi connectivity index (χ0) is 13.5. The number of hydrogen-bond donors (Lipinski definition) is 0. The number of benzene rings is 1. The molecule has 1 fully saturated rings. The van der Waals surface area contributed by atoms with Crippen molar-refractivity contribution in [3.63, 3.8) is 0 Å². The van der Waals surface area contributed by atoms with Gasteiger partial charge in [-0.15, -0.1) is 0 Å². The number of ether oxygens (including phenoxy) is 1. The number of para-hydroxylation sites is 1. The van der Waals surface area contributed by atoms with Crippen LogP contribution in [-0.2, 0) is 6.42 Å². The van der Waals surface area contributed by atoms with Gasteiger partial charge in [0.05, 0.1) is 6.61 Å². The molecule has 0 atom stereocenters. The minimum absolute atomic E-state index is 0.705. The summed E-state index contributed by atoms with van der Waals surface area (Å²) in [5.74, 6) is 1.79. The molecule has 0 amide bonds. The highest BCUT2D eigenvalue weighted by molar-refractivity contribution is 5.33. The van der Waals surface area contributed by atoms with Crippen LogP contribution in [0.15, 0.2) is 24.3 Å². The van der Waals surface area contributed by atoms with E-state index in [-0.39, 0.29) is 0 Å². The quantitative estimate of drug-likeness (QED) is 0.741. The first-order valence-corrected chi connectivity index (χ1v) is 7.69. The van der Waals surface area contributed by atoms with Gasteiger partial charge >= 0.3 is 0 Å². The van der Waals surface area contributed by atoms with Crippen LogP contribution >= 0.6 is 0 Å². The van der Waals surface area contributed by atoms with Crippen LogP contribution in [0.25, 0.3) is 0 Å². The van der Waals surface area contributed by atoms with Crippen molar-refractivity contribution in [1.82, 2.24) is 4.90 Å². The topological polar surface area (TPSA) is 12.5 Å². The molecular formula is C17H27NO. The number of nitrogens with zero attached hydrogens (tertiary/aromatic N) is 1. The van der Waals surface area contributed by atoms with Crippen molar-refractivity contribution in [2.75, 3.05) is 26.2 Å². The zero-order valence-electron chi connectivity index (χ0n) is 12.4. The van der Waals surface area contributed by atoms with Gasteiger partial charge < -0.3 is 9.64 Å². The average molecular weight is 261 g/mol. The summed E-state index contributed by atoms with van der Waals surface area (Å²) >= 11 is 0. The molecule has 0 radical (unpaired) electrons. The van der Waals surface area contributed by atoms with Crippen molar-refractivity contribution in [3.8, 4) is 5.75 Å². The second-order valence-electron chi connectivity index (χ2n) is 5.94. The van der Waals surface area contributed by atoms with Gasteiger partial charge in [-0.1, -0.05) is 32.0 Å². The van der Waals surface area contributed by atoms with Gasteiger partial charge in [-0.25, -0.2) is 0 Å². The van der Waals surface area contributed by atoms with Crippen LogP contribution < -0.4 is 4.74 Å². The Morgan fingerprint density at radius 3 is 2.63 bits per heavy atom. The van der Waals surface area contributed by atoms with Crippen LogP contribution in [0.4, 0.5) is 0 Å². The molecule has 1 aliphatic heterocycles. The van der Waals surface area contributed by atoms with E-state index < -0.39 is 0 Å². The first-order chi connectivity index (χ1) is 9.25. The van der Waals surface area contributed by atoms with Crippen LogP contribution in [-0.4, -0.2) is 31.1 Å². The van der Waals surface area contributed by atoms with Crippen LogP contribution in [0.3, 0.4) is 0 Å². The van der Waals surface area contributed by atoms with Gasteiger partial charge in [0.2, 0.25) is 0 Å². The fraction of sp³-hybridized carbons (Fsp3) is 0.647. The molecule has 1 heterocycles. The Morgan fingerprint density at radius 2 is 1.89 bits per heavy atom. The summed E-state index contributed by atoms with van der Waals surface area (Å²) in [6, 6.07) is 8.51. The first-order valence-electron chi connectivity index (χ1n) is 7.69. The lowest BCUT2D eigenvalue weighted by atomic mass is 10.1. The van der Waals surface area contributed by atoms with E-state index in [0.29, 0.717) is 5.92 Å². The van der Waals surface area contributed by atoms with E-state index in [1.54, 1.807) is 0 Å². The Bertz CT molecular complexity index is 369. The van der Waals surface area contributed by atoms with Crippen molar-refractivity contribution in [2.24, 2.45) is 5.92 Å². The van der Waals surface area contributed by atoms with Gasteiger partial charge in [0, 0.05) is 6.54 Å². The van der Waals surface area contributed by atoms with Gasteiger partial charge in [0.15, 0.2) is 0 Å². The second kappa shape index (κ2) is 7.54. The smallest absolute Gasteiger partial charge is 0.122 e. The summed E-state index contributed by atoms with van der Waals surface area (Å²) in [6.07, 6.45) is 4.97. The molecule has 0 unspecified atom stereocenters. The summed E-state index contributed by atoms with van der Waals surface area (Å²) in [6.45, 7) is 9.03. The van der Waals surface area contributed by atoms with E-state index in [4.69, 9.17) is 4.74 Å². The van der Waals surface area contributed by atoms with Crippen molar-refractivity contribution < 1.29 is 4.74 Å². The van der Waals surface area contributed by atoms with Crippen LogP contribution in [0, 0.1) is 5.92 Å². The highest BCUT2D eigenvalue weighted by Crippen LogP contribution is 2.20. The van der Waals surface area contributed by atoms with E-state index >= 15 is 0 Å². The van der Waals surface area contributed by atoms with Gasteiger partial charge in [-0.2, -0.15) is 0 Å². The van der Waals surface area contributed by atoms with Crippen LogP contribution in [0.5, 0.6) is 5.75 Å². The third kappa shape index (κ3) is 4.87. The van der Waals surface area contributed by atoms with E-state index in [9.17, 15) is 0 Å². The first kappa shape index (κ1) is 14.4.